The van der Waals surface area contributed by atoms with Gasteiger partial charge in [0.05, 0.1) is 22.2 Å². The summed E-state index contributed by atoms with van der Waals surface area (Å²) in [5.41, 5.74) is 4.55. The van der Waals surface area contributed by atoms with Gasteiger partial charge in [-0.05, 0) is 67.7 Å². The predicted octanol–water partition coefficient (Wildman–Crippen LogP) is 8.42. The molecular weight excluding hydrogens is 404 g/mol. The number of hydrogen-bond donors (Lipinski definition) is 1. The van der Waals surface area contributed by atoms with Crippen LogP contribution in [0.1, 0.15) is 79.6 Å². The van der Waals surface area contributed by atoms with E-state index in [1.165, 1.54) is 32.2 Å². The zero-order valence-electron chi connectivity index (χ0n) is 19.8. The third-order valence-electron chi connectivity index (χ3n) is 4.86. The van der Waals surface area contributed by atoms with E-state index in [1.807, 2.05) is 37.3 Å². The highest BCUT2D eigenvalue weighted by atomic mass is 32.1. The van der Waals surface area contributed by atoms with E-state index in [0.717, 1.165) is 37.1 Å². The van der Waals surface area contributed by atoms with Crippen LogP contribution < -0.4 is 5.32 Å². The maximum atomic E-state index is 9.59. The lowest BCUT2D eigenvalue weighted by atomic mass is 10.0. The molecule has 0 unspecified atom stereocenters. The van der Waals surface area contributed by atoms with Crippen LogP contribution >= 0.6 is 22.7 Å². The molecule has 0 aliphatic carbocycles. The molecule has 164 valence electrons. The highest BCUT2D eigenvalue weighted by Gasteiger charge is 2.16. The lowest BCUT2D eigenvalue weighted by molar-refractivity contribution is 0.589. The Bertz CT molecular complexity index is 846. The lowest BCUT2D eigenvalue weighted by Crippen LogP contribution is -2.11. The van der Waals surface area contributed by atoms with Gasteiger partial charge < -0.3 is 5.32 Å². The largest absolute Gasteiger partial charge is 0.379 e. The predicted molar refractivity (Wildman–Crippen MR) is 136 cm³/mol. The summed E-state index contributed by atoms with van der Waals surface area (Å²) in [5, 5.41) is 15.3. The van der Waals surface area contributed by atoms with Gasteiger partial charge in [0.2, 0.25) is 0 Å². The van der Waals surface area contributed by atoms with E-state index in [2.05, 4.69) is 63.5 Å². The number of allylic oxidation sites excluding steroid dienone is 3. The first-order chi connectivity index (χ1) is 14.5. The fourth-order valence-corrected chi connectivity index (χ4v) is 4.92. The highest BCUT2D eigenvalue weighted by Crippen LogP contribution is 2.34. The molecular formula is C26H38N2S2. The summed E-state index contributed by atoms with van der Waals surface area (Å²) in [6.45, 7) is 15.9. The molecule has 0 aromatic carbocycles. The number of unbranched alkanes of at least 4 members (excludes halogenated alkanes) is 1. The van der Waals surface area contributed by atoms with Gasteiger partial charge in [0.25, 0.3) is 0 Å². The van der Waals surface area contributed by atoms with Gasteiger partial charge in [-0.3, -0.25) is 0 Å². The first-order valence-corrected chi connectivity index (χ1v) is 12.8. The molecule has 2 heterocycles. The number of nitriles is 1. The number of rotatable bonds is 10. The normalized spacial score (nSPS) is 11.8. The van der Waals surface area contributed by atoms with Gasteiger partial charge in [0.15, 0.2) is 0 Å². The Labute approximate surface area is 192 Å². The molecule has 0 bridgehead atoms. The molecule has 0 atom stereocenters. The molecule has 0 saturated carbocycles. The summed E-state index contributed by atoms with van der Waals surface area (Å²) >= 11 is 3.64. The van der Waals surface area contributed by atoms with E-state index in [0.29, 0.717) is 5.92 Å². The molecule has 0 fully saturated rings. The van der Waals surface area contributed by atoms with Crippen molar-refractivity contribution in [1.82, 2.24) is 5.32 Å². The number of nitrogens with zero attached hydrogens (tertiary/aromatic N) is 1. The number of thiophene rings is 2. The molecule has 2 nitrogen and oxygen atoms in total. The van der Waals surface area contributed by atoms with Gasteiger partial charge in [0.1, 0.15) is 0 Å². The molecule has 30 heavy (non-hydrogen) atoms. The maximum absolute atomic E-state index is 9.59. The van der Waals surface area contributed by atoms with Crippen molar-refractivity contribution in [2.24, 2.45) is 5.92 Å². The molecule has 0 aliphatic rings. The van der Waals surface area contributed by atoms with E-state index >= 15 is 0 Å². The van der Waals surface area contributed by atoms with Crippen LogP contribution in [0.4, 0.5) is 0 Å². The van der Waals surface area contributed by atoms with Gasteiger partial charge in [-0.25, -0.2) is 0 Å². The Morgan fingerprint density at radius 3 is 2.53 bits per heavy atom. The monoisotopic (exact) mass is 442 g/mol. The van der Waals surface area contributed by atoms with Gasteiger partial charge >= 0.3 is 0 Å². The third kappa shape index (κ3) is 8.13. The highest BCUT2D eigenvalue weighted by molar-refractivity contribution is 7.13. The minimum absolute atomic E-state index is 0.708. The van der Waals surface area contributed by atoms with Crippen LogP contribution in [0.2, 0.25) is 0 Å². The Morgan fingerprint density at radius 1 is 1.23 bits per heavy atom. The van der Waals surface area contributed by atoms with Crippen molar-refractivity contribution < 1.29 is 0 Å². The van der Waals surface area contributed by atoms with Crippen LogP contribution in [-0.2, 0) is 13.0 Å². The van der Waals surface area contributed by atoms with Crippen molar-refractivity contribution in [3.63, 3.8) is 0 Å². The zero-order chi connectivity index (χ0) is 22.5. The quantitative estimate of drug-likeness (QED) is 0.296. The van der Waals surface area contributed by atoms with Crippen molar-refractivity contribution in [3.8, 4) is 6.07 Å². The SMILES string of the molecule is CC.CCC/C=C(C#N)/C=C(/NCc1cccs1)c1sc(CCC(C)C)c(C)c1C. The van der Waals surface area contributed by atoms with Crippen LogP contribution in [0.15, 0.2) is 35.2 Å². The van der Waals surface area contributed by atoms with Crippen molar-refractivity contribution >= 4 is 28.4 Å². The van der Waals surface area contributed by atoms with Crippen molar-refractivity contribution in [2.75, 3.05) is 0 Å². The summed E-state index contributed by atoms with van der Waals surface area (Å²) < 4.78 is 0. The summed E-state index contributed by atoms with van der Waals surface area (Å²) in [6, 6.07) is 6.59. The second kappa shape index (κ2) is 14.2. The second-order valence-electron chi connectivity index (χ2n) is 7.59. The Hall–Kier alpha value is -1.83. The molecule has 2 aromatic rings. The van der Waals surface area contributed by atoms with E-state index in [-0.39, 0.29) is 0 Å². The fraction of sp³-hybridized carbons (Fsp3) is 0.500. The molecule has 0 aliphatic heterocycles. The topological polar surface area (TPSA) is 35.8 Å². The van der Waals surface area contributed by atoms with Gasteiger partial charge in [-0.1, -0.05) is 53.2 Å². The third-order valence-corrected chi connectivity index (χ3v) is 7.22. The zero-order valence-corrected chi connectivity index (χ0v) is 21.4. The molecule has 2 aromatic heterocycles. The standard InChI is InChI=1S/C24H32N2S2.C2H6/c1-6-7-9-20(15-25)14-22(26-16-21-10-8-13-27-21)24-19(5)18(4)23(28-24)12-11-17(2)3;1-2/h8-10,13-14,17,26H,6-7,11-12,16H2,1-5H3;1-2H3/b20-9-,22-14+;. The van der Waals surface area contributed by atoms with Crippen LogP contribution in [0.3, 0.4) is 0 Å². The first-order valence-electron chi connectivity index (χ1n) is 11.1. The van der Waals surface area contributed by atoms with E-state index < -0.39 is 0 Å². The van der Waals surface area contributed by atoms with Crippen molar-refractivity contribution in [3.05, 3.63) is 61.0 Å². The van der Waals surface area contributed by atoms with Gasteiger partial charge in [-0.15, -0.1) is 22.7 Å². The van der Waals surface area contributed by atoms with E-state index in [9.17, 15) is 5.26 Å². The molecule has 0 amide bonds. The van der Waals surface area contributed by atoms with Crippen molar-refractivity contribution in [2.45, 2.75) is 80.7 Å². The fourth-order valence-electron chi connectivity index (χ4n) is 2.96. The Balaban J connectivity index is 0.00000218. The number of nitrogens with one attached hydrogen (secondary N) is 1. The summed E-state index contributed by atoms with van der Waals surface area (Å²) in [5.74, 6) is 0.708. The average Bonchev–Trinajstić information content (AvgIpc) is 3.37. The van der Waals surface area contributed by atoms with Crippen LogP contribution in [0.25, 0.3) is 5.70 Å². The lowest BCUT2D eigenvalue weighted by Gasteiger charge is -2.10. The van der Waals surface area contributed by atoms with Gasteiger partial charge in [0, 0.05) is 16.3 Å². The van der Waals surface area contributed by atoms with E-state index in [4.69, 9.17) is 0 Å². The van der Waals surface area contributed by atoms with Crippen LogP contribution in [0, 0.1) is 31.1 Å². The Morgan fingerprint density at radius 2 is 1.97 bits per heavy atom. The number of hydrogen-bond acceptors (Lipinski definition) is 4. The van der Waals surface area contributed by atoms with Gasteiger partial charge in [-0.2, -0.15) is 5.26 Å². The first kappa shape index (κ1) is 26.2. The second-order valence-corrected chi connectivity index (χ2v) is 9.73. The molecule has 1 N–H and O–H groups in total. The molecule has 0 spiro atoms. The molecule has 4 heteroatoms. The Kier molecular flexibility index (Phi) is 12.4. The summed E-state index contributed by atoms with van der Waals surface area (Å²) in [4.78, 5) is 4.04. The maximum Gasteiger partial charge on any atom is 0.0989 e. The minimum atomic E-state index is 0.708. The smallest absolute Gasteiger partial charge is 0.0989 e. The average molecular weight is 443 g/mol. The van der Waals surface area contributed by atoms with Crippen LogP contribution in [0.5, 0.6) is 0 Å². The molecule has 0 saturated heterocycles. The minimum Gasteiger partial charge on any atom is -0.379 e. The van der Waals surface area contributed by atoms with Crippen molar-refractivity contribution in [1.29, 1.82) is 5.26 Å². The summed E-state index contributed by atoms with van der Waals surface area (Å²) in [6.07, 6.45) is 8.40. The molecule has 0 radical (unpaired) electrons. The molecule has 2 rings (SSSR count). The number of aryl methyl sites for hydroxylation is 1. The van der Waals surface area contributed by atoms with E-state index in [1.54, 1.807) is 11.3 Å². The summed E-state index contributed by atoms with van der Waals surface area (Å²) in [7, 11) is 0. The van der Waals surface area contributed by atoms with Crippen LogP contribution in [-0.4, -0.2) is 0 Å².